The average Bonchev–Trinajstić information content (AvgIpc) is 3.78. The van der Waals surface area contributed by atoms with Crippen molar-refractivity contribution in [2.45, 2.75) is 98.5 Å². The molecular weight excluding hydrogens is 791 g/mol. The van der Waals surface area contributed by atoms with Crippen LogP contribution in [0.15, 0.2) is 29.8 Å². The maximum Gasteiger partial charge on any atom is 0.505 e. The van der Waals surface area contributed by atoms with Crippen LogP contribution in [0.25, 0.3) is 10.4 Å². The molecule has 57 heavy (non-hydrogen) atoms. The van der Waals surface area contributed by atoms with Crippen molar-refractivity contribution in [3.8, 4) is 10.4 Å². The fourth-order valence-corrected chi connectivity index (χ4v) is 7.30. The molecule has 328 valence electrons. The van der Waals surface area contributed by atoms with Crippen LogP contribution in [0.2, 0.25) is 0 Å². The molecule has 1 saturated heterocycles. The molecule has 3 rings (SSSR count). The molecule has 5 N–H and O–H groups in total. The summed E-state index contributed by atoms with van der Waals surface area (Å²) in [6.07, 6.45) is 4.99. The lowest BCUT2D eigenvalue weighted by atomic mass is 9.88. The first-order valence-electron chi connectivity index (χ1n) is 19.1. The molecule has 1 aromatic carbocycles. The van der Waals surface area contributed by atoms with Crippen LogP contribution < -0.4 is 16.4 Å². The van der Waals surface area contributed by atoms with Gasteiger partial charge in [-0.3, -0.25) is 9.59 Å². The van der Waals surface area contributed by atoms with Crippen molar-refractivity contribution in [2.75, 3.05) is 72.6 Å². The third-order valence-corrected chi connectivity index (χ3v) is 11.3. The summed E-state index contributed by atoms with van der Waals surface area (Å²) in [6.45, 7) is 22.5. The molecule has 0 aliphatic carbocycles. The SMILES string of the molecule is CC.CC(C)(C)C(C=O)NC(=O)COCCOCCOCCN.CC1CCCN1C.CSSC(C)(C)COC(=O)O.Cc1ncsc1-c1ccc(CNC=O)cc1. The summed E-state index contributed by atoms with van der Waals surface area (Å²) in [6, 6.07) is 8.48. The zero-order chi connectivity index (χ0) is 43.7. The molecule has 2 unspecified atom stereocenters. The van der Waals surface area contributed by atoms with E-state index >= 15 is 0 Å². The smallest absolute Gasteiger partial charge is 0.450 e. The highest BCUT2D eigenvalue weighted by molar-refractivity contribution is 8.76. The Balaban J connectivity index is 0. The van der Waals surface area contributed by atoms with Crippen LogP contribution in [0.3, 0.4) is 0 Å². The van der Waals surface area contributed by atoms with Gasteiger partial charge in [0.15, 0.2) is 0 Å². The van der Waals surface area contributed by atoms with Crippen molar-refractivity contribution in [1.82, 2.24) is 20.5 Å². The van der Waals surface area contributed by atoms with E-state index < -0.39 is 12.2 Å². The quantitative estimate of drug-likeness (QED) is 0.0477. The van der Waals surface area contributed by atoms with Crippen molar-refractivity contribution in [3.05, 3.63) is 41.0 Å². The minimum absolute atomic E-state index is 0.0898. The zero-order valence-corrected chi connectivity index (χ0v) is 38.5. The van der Waals surface area contributed by atoms with Gasteiger partial charge in [0.1, 0.15) is 19.5 Å². The minimum Gasteiger partial charge on any atom is -0.450 e. The molecule has 1 aromatic heterocycles. The number of nitrogens with two attached hydrogens (primary N) is 1. The lowest BCUT2D eigenvalue weighted by Crippen LogP contribution is -2.46. The number of thiazole rings is 1. The third-order valence-electron chi connectivity index (χ3n) is 7.71. The number of amides is 2. The van der Waals surface area contributed by atoms with Crippen molar-refractivity contribution in [2.24, 2.45) is 11.1 Å². The molecule has 1 aliphatic heterocycles. The molecular formula is C40H71N5O9S3. The van der Waals surface area contributed by atoms with Crippen LogP contribution in [0.1, 0.15) is 79.5 Å². The van der Waals surface area contributed by atoms with E-state index in [1.165, 1.54) is 29.8 Å². The number of carbonyl (C=O) groups is 4. The fourth-order valence-electron chi connectivity index (χ4n) is 4.43. The molecule has 0 saturated carbocycles. The minimum atomic E-state index is -1.21. The number of likely N-dealkylation sites (tertiary alicyclic amines) is 1. The summed E-state index contributed by atoms with van der Waals surface area (Å²) < 4.78 is 19.8. The predicted molar refractivity (Wildman–Crippen MR) is 236 cm³/mol. The van der Waals surface area contributed by atoms with Crippen molar-refractivity contribution >= 4 is 57.7 Å². The van der Waals surface area contributed by atoms with Crippen LogP contribution in [0.5, 0.6) is 0 Å². The zero-order valence-electron chi connectivity index (χ0n) is 36.1. The first-order valence-corrected chi connectivity index (χ1v) is 22.6. The van der Waals surface area contributed by atoms with E-state index in [-0.39, 0.29) is 29.3 Å². The van der Waals surface area contributed by atoms with Gasteiger partial charge in [-0.15, -0.1) is 11.3 Å². The molecule has 0 spiro atoms. The molecule has 0 radical (unpaired) electrons. The largest absolute Gasteiger partial charge is 0.505 e. The summed E-state index contributed by atoms with van der Waals surface area (Å²) in [5.74, 6) is -0.312. The first-order chi connectivity index (χ1) is 27.0. The van der Waals surface area contributed by atoms with E-state index in [2.05, 4.69) is 51.4 Å². The fraction of sp³-hybridized carbons (Fsp3) is 0.675. The van der Waals surface area contributed by atoms with Gasteiger partial charge in [-0.2, -0.15) is 0 Å². The van der Waals surface area contributed by atoms with E-state index in [1.807, 2.05) is 79.3 Å². The number of carboxylic acid groups (broad SMARTS) is 1. The number of hydrogen-bond donors (Lipinski definition) is 4. The van der Waals surface area contributed by atoms with Gasteiger partial charge in [0.2, 0.25) is 12.3 Å². The second-order valence-electron chi connectivity index (χ2n) is 14.1. The summed E-state index contributed by atoms with van der Waals surface area (Å²) in [4.78, 5) is 50.5. The molecule has 14 nitrogen and oxygen atoms in total. The van der Waals surface area contributed by atoms with Crippen LogP contribution >= 0.6 is 32.9 Å². The number of aromatic nitrogens is 1. The number of ether oxygens (including phenoxy) is 4. The second-order valence-corrected chi connectivity index (χ2v) is 18.1. The molecule has 0 bridgehead atoms. The lowest BCUT2D eigenvalue weighted by Gasteiger charge is -2.26. The molecule has 17 heteroatoms. The molecule has 2 aromatic rings. The van der Waals surface area contributed by atoms with E-state index in [9.17, 15) is 19.2 Å². The molecule has 2 amide bonds. The normalized spacial score (nSPS) is 14.1. The van der Waals surface area contributed by atoms with Gasteiger partial charge >= 0.3 is 6.16 Å². The van der Waals surface area contributed by atoms with Gasteiger partial charge < -0.3 is 50.1 Å². The number of benzene rings is 1. The standard InChI is InChI=1S/C14H28N2O5.C12H12N2OS.C6H13N.C6H12O3S2.C2H6/c1-14(2,3)12(10-17)16-13(18)11-21-9-8-20-7-6-19-5-4-15;1-9-12(16-8-14-9)11-4-2-10(3-5-11)6-13-7-15;1-6-4-3-5-7(6)2;1-6(2,11-10-3)4-9-5(7)8;1-2/h10,12H,4-9,11,15H2,1-3H3,(H,16,18);2-5,7-8H,6H2,1H3,(H,13,15);6H,3-5H2,1-2H3;4H2,1-3H3,(H,7,8);1-2H3. The number of carbonyl (C=O) groups excluding carboxylic acids is 3. The van der Waals surface area contributed by atoms with Gasteiger partial charge in [-0.25, -0.2) is 9.78 Å². The van der Waals surface area contributed by atoms with E-state index in [4.69, 9.17) is 25.1 Å². The molecule has 2 atom stereocenters. The van der Waals surface area contributed by atoms with E-state index in [0.717, 1.165) is 23.6 Å². The van der Waals surface area contributed by atoms with Crippen LogP contribution in [0, 0.1) is 12.3 Å². The van der Waals surface area contributed by atoms with E-state index in [1.54, 1.807) is 32.9 Å². The summed E-state index contributed by atoms with van der Waals surface area (Å²) in [5.41, 5.74) is 10.1. The third kappa shape index (κ3) is 30.0. The Morgan fingerprint density at radius 2 is 1.65 bits per heavy atom. The highest BCUT2D eigenvalue weighted by Gasteiger charge is 2.25. The van der Waals surface area contributed by atoms with Crippen LogP contribution in [0.4, 0.5) is 4.79 Å². The predicted octanol–water partition coefficient (Wildman–Crippen LogP) is 6.69. The Morgan fingerprint density at radius 1 is 1.05 bits per heavy atom. The lowest BCUT2D eigenvalue weighted by molar-refractivity contribution is -0.130. The summed E-state index contributed by atoms with van der Waals surface area (Å²) in [5, 5.41) is 13.5. The summed E-state index contributed by atoms with van der Waals surface area (Å²) >= 11 is 1.64. The van der Waals surface area contributed by atoms with Crippen molar-refractivity contribution in [3.63, 3.8) is 0 Å². The average molecular weight is 862 g/mol. The van der Waals surface area contributed by atoms with Crippen LogP contribution in [-0.2, 0) is 39.9 Å². The monoisotopic (exact) mass is 861 g/mol. The van der Waals surface area contributed by atoms with Gasteiger partial charge in [0.05, 0.1) is 59.9 Å². The van der Waals surface area contributed by atoms with Gasteiger partial charge in [0.25, 0.3) is 0 Å². The Bertz CT molecular complexity index is 1320. The number of hydrogen-bond acceptors (Lipinski definition) is 14. The molecule has 1 fully saturated rings. The maximum atomic E-state index is 11.6. The van der Waals surface area contributed by atoms with Gasteiger partial charge in [0, 0.05) is 19.1 Å². The Hall–Kier alpha value is -2.77. The maximum absolute atomic E-state index is 11.6. The number of nitrogens with one attached hydrogen (secondary N) is 2. The Morgan fingerprint density at radius 3 is 2.07 bits per heavy atom. The summed E-state index contributed by atoms with van der Waals surface area (Å²) in [7, 11) is 5.40. The second kappa shape index (κ2) is 34.1. The number of rotatable bonds is 20. The topological polar surface area (TPSA) is 192 Å². The first kappa shape index (κ1) is 56.3. The highest BCUT2D eigenvalue weighted by Crippen LogP contribution is 2.33. The number of aldehydes is 1. The Labute approximate surface area is 353 Å². The highest BCUT2D eigenvalue weighted by atomic mass is 33.1. The van der Waals surface area contributed by atoms with Gasteiger partial charge in [-0.1, -0.05) is 80.5 Å². The number of aryl methyl sites for hydroxylation is 1. The van der Waals surface area contributed by atoms with Crippen molar-refractivity contribution in [1.29, 1.82) is 0 Å². The van der Waals surface area contributed by atoms with E-state index in [0.29, 0.717) is 52.5 Å². The number of nitrogens with zero attached hydrogens (tertiary/aromatic N) is 2. The van der Waals surface area contributed by atoms with Crippen LogP contribution in [-0.4, -0.2) is 129 Å². The Kier molecular flexibility index (Phi) is 33.7. The molecule has 2 heterocycles. The van der Waals surface area contributed by atoms with Gasteiger partial charge in [-0.05, 0) is 76.9 Å². The molecule has 1 aliphatic rings. The van der Waals surface area contributed by atoms with Crippen molar-refractivity contribution < 1.29 is 43.2 Å².